The lowest BCUT2D eigenvalue weighted by molar-refractivity contribution is 0.355. The Kier molecular flexibility index (Phi) is 6.39. The van der Waals surface area contributed by atoms with E-state index >= 15 is 0 Å². The molecule has 29 heavy (non-hydrogen) atoms. The quantitative estimate of drug-likeness (QED) is 0.537. The van der Waals surface area contributed by atoms with Crippen molar-refractivity contribution in [1.82, 2.24) is 10.3 Å². The first-order valence-electron chi connectivity index (χ1n) is 9.31. The van der Waals surface area contributed by atoms with Gasteiger partial charge in [-0.15, -0.1) is 0 Å². The topological polar surface area (TPSA) is 75.4 Å². The van der Waals surface area contributed by atoms with Crippen LogP contribution in [0.1, 0.15) is 16.7 Å². The zero-order valence-electron chi connectivity index (χ0n) is 17.0. The van der Waals surface area contributed by atoms with E-state index < -0.39 is 0 Å². The van der Waals surface area contributed by atoms with Crippen molar-refractivity contribution in [3.05, 3.63) is 63.4 Å². The van der Waals surface area contributed by atoms with Crippen LogP contribution in [0, 0.1) is 13.8 Å². The molecule has 3 N–H and O–H groups in total. The molecule has 6 nitrogen and oxygen atoms in total. The van der Waals surface area contributed by atoms with Crippen molar-refractivity contribution in [3.8, 4) is 11.5 Å². The second-order valence-electron chi connectivity index (χ2n) is 6.85. The average Bonchev–Trinajstić information content (AvgIpc) is 2.69. The van der Waals surface area contributed by atoms with Crippen LogP contribution < -0.4 is 25.7 Å². The number of H-pyrrole nitrogens is 1. The van der Waals surface area contributed by atoms with Crippen molar-refractivity contribution in [1.29, 1.82) is 0 Å². The molecule has 0 radical (unpaired) electrons. The summed E-state index contributed by atoms with van der Waals surface area (Å²) >= 11 is 5.35. The van der Waals surface area contributed by atoms with Crippen molar-refractivity contribution in [3.63, 3.8) is 0 Å². The predicted molar refractivity (Wildman–Crippen MR) is 122 cm³/mol. The molecule has 0 aliphatic carbocycles. The van der Waals surface area contributed by atoms with Crippen LogP contribution in [-0.4, -0.2) is 30.9 Å². The first-order chi connectivity index (χ1) is 13.9. The highest BCUT2D eigenvalue weighted by Crippen LogP contribution is 2.29. The molecule has 0 fully saturated rings. The third kappa shape index (κ3) is 4.86. The Balaban J connectivity index is 1.62. The van der Waals surface area contributed by atoms with Crippen LogP contribution in [0.2, 0.25) is 0 Å². The highest BCUT2D eigenvalue weighted by molar-refractivity contribution is 7.80. The van der Waals surface area contributed by atoms with Gasteiger partial charge in [0.05, 0.1) is 14.2 Å². The molecule has 3 rings (SSSR count). The molecule has 0 bridgehead atoms. The van der Waals surface area contributed by atoms with Gasteiger partial charge in [0.2, 0.25) is 0 Å². The van der Waals surface area contributed by atoms with Gasteiger partial charge in [-0.25, -0.2) is 0 Å². The largest absolute Gasteiger partial charge is 0.493 e. The minimum atomic E-state index is -0.0682. The number of methoxy groups -OCH3 is 2. The van der Waals surface area contributed by atoms with Crippen LogP contribution in [-0.2, 0) is 6.42 Å². The molecule has 152 valence electrons. The molecule has 7 heteroatoms. The van der Waals surface area contributed by atoms with Gasteiger partial charge in [0, 0.05) is 29.4 Å². The van der Waals surface area contributed by atoms with E-state index in [2.05, 4.69) is 28.6 Å². The lowest BCUT2D eigenvalue weighted by Gasteiger charge is -2.13. The average molecular weight is 412 g/mol. The Morgan fingerprint density at radius 1 is 1.03 bits per heavy atom. The van der Waals surface area contributed by atoms with E-state index in [9.17, 15) is 4.79 Å². The number of thiocarbonyl (C=S) groups is 1. The van der Waals surface area contributed by atoms with Crippen molar-refractivity contribution >= 4 is 33.9 Å². The van der Waals surface area contributed by atoms with Gasteiger partial charge in [-0.2, -0.15) is 0 Å². The number of anilines is 1. The molecule has 3 aromatic rings. The second-order valence-corrected chi connectivity index (χ2v) is 7.26. The van der Waals surface area contributed by atoms with E-state index in [1.165, 1.54) is 5.56 Å². The number of rotatable bonds is 6. The first-order valence-corrected chi connectivity index (χ1v) is 9.72. The van der Waals surface area contributed by atoms with Gasteiger partial charge >= 0.3 is 0 Å². The summed E-state index contributed by atoms with van der Waals surface area (Å²) in [6.07, 6.45) is 0.561. The molecule has 2 aromatic carbocycles. The molecule has 1 aromatic heterocycles. The normalized spacial score (nSPS) is 10.6. The summed E-state index contributed by atoms with van der Waals surface area (Å²) in [6, 6.07) is 11.5. The van der Waals surface area contributed by atoms with E-state index in [0.717, 1.165) is 27.7 Å². The standard InChI is InChI=1S/C22H25N3O3S/c1-13-9-16-11-15(21(26)25-18(16)10-14(13)2)7-8-23-22(29)24-17-5-6-19(27-3)20(12-17)28-4/h5-6,9-12H,7-8H2,1-4H3,(H,25,26)(H2,23,24,29). The number of aromatic nitrogens is 1. The highest BCUT2D eigenvalue weighted by atomic mass is 32.1. The van der Waals surface area contributed by atoms with Crippen molar-refractivity contribution in [2.24, 2.45) is 0 Å². The minimum Gasteiger partial charge on any atom is -0.493 e. The predicted octanol–water partition coefficient (Wildman–Crippen LogP) is 3.69. The Labute approximate surface area is 175 Å². The van der Waals surface area contributed by atoms with Gasteiger partial charge in [-0.3, -0.25) is 4.79 Å². The third-order valence-corrected chi connectivity index (χ3v) is 5.10. The van der Waals surface area contributed by atoms with Crippen LogP contribution in [0.5, 0.6) is 11.5 Å². The molecular formula is C22H25N3O3S. The van der Waals surface area contributed by atoms with Gasteiger partial charge in [0.1, 0.15) is 0 Å². The van der Waals surface area contributed by atoms with E-state index in [1.807, 2.05) is 37.3 Å². The summed E-state index contributed by atoms with van der Waals surface area (Å²) in [5, 5.41) is 7.76. The van der Waals surface area contributed by atoms with E-state index in [-0.39, 0.29) is 5.56 Å². The molecule has 0 saturated heterocycles. The Morgan fingerprint density at radius 3 is 2.48 bits per heavy atom. The van der Waals surface area contributed by atoms with Crippen molar-refractivity contribution in [2.45, 2.75) is 20.3 Å². The number of pyridine rings is 1. The molecule has 0 atom stereocenters. The molecular weight excluding hydrogens is 386 g/mol. The van der Waals surface area contributed by atoms with E-state index in [0.29, 0.717) is 29.6 Å². The third-order valence-electron chi connectivity index (χ3n) is 4.86. The van der Waals surface area contributed by atoms with E-state index in [4.69, 9.17) is 21.7 Å². The second kappa shape index (κ2) is 8.96. The minimum absolute atomic E-state index is 0.0682. The summed E-state index contributed by atoms with van der Waals surface area (Å²) < 4.78 is 10.5. The number of hydrogen-bond acceptors (Lipinski definition) is 4. The summed E-state index contributed by atoms with van der Waals surface area (Å²) in [6.45, 7) is 4.65. The summed E-state index contributed by atoms with van der Waals surface area (Å²) in [5.74, 6) is 1.27. The molecule has 0 spiro atoms. The fourth-order valence-electron chi connectivity index (χ4n) is 3.11. The monoisotopic (exact) mass is 411 g/mol. The number of ether oxygens (including phenoxy) is 2. The van der Waals surface area contributed by atoms with Crippen LogP contribution >= 0.6 is 12.2 Å². The Morgan fingerprint density at radius 2 is 1.76 bits per heavy atom. The van der Waals surface area contributed by atoms with Crippen LogP contribution in [0.25, 0.3) is 10.9 Å². The lowest BCUT2D eigenvalue weighted by atomic mass is 10.0. The zero-order chi connectivity index (χ0) is 21.0. The number of hydrogen-bond donors (Lipinski definition) is 3. The zero-order valence-corrected chi connectivity index (χ0v) is 17.8. The van der Waals surface area contributed by atoms with Gasteiger partial charge in [-0.05, 0) is 79.3 Å². The molecule has 1 heterocycles. The first kappa shape index (κ1) is 20.7. The molecule has 0 saturated carbocycles. The summed E-state index contributed by atoms with van der Waals surface area (Å²) in [7, 11) is 3.18. The van der Waals surface area contributed by atoms with Crippen molar-refractivity contribution < 1.29 is 9.47 Å². The molecule has 0 aliphatic heterocycles. The Bertz CT molecular complexity index is 1110. The van der Waals surface area contributed by atoms with Gasteiger partial charge in [-0.1, -0.05) is 0 Å². The van der Waals surface area contributed by atoms with Crippen LogP contribution in [0.4, 0.5) is 5.69 Å². The molecule has 0 amide bonds. The number of aromatic amines is 1. The number of nitrogens with one attached hydrogen (secondary N) is 3. The smallest absolute Gasteiger partial charge is 0.251 e. The fourth-order valence-corrected chi connectivity index (χ4v) is 3.33. The van der Waals surface area contributed by atoms with Gasteiger partial charge in [0.25, 0.3) is 5.56 Å². The van der Waals surface area contributed by atoms with Gasteiger partial charge < -0.3 is 25.1 Å². The fraction of sp³-hybridized carbons (Fsp3) is 0.273. The van der Waals surface area contributed by atoms with Crippen molar-refractivity contribution in [2.75, 3.05) is 26.1 Å². The maximum absolute atomic E-state index is 12.4. The van der Waals surface area contributed by atoms with E-state index in [1.54, 1.807) is 14.2 Å². The maximum Gasteiger partial charge on any atom is 0.251 e. The molecule has 0 unspecified atom stereocenters. The summed E-state index contributed by atoms with van der Waals surface area (Å²) in [5.41, 5.74) is 4.67. The highest BCUT2D eigenvalue weighted by Gasteiger charge is 2.07. The number of fused-ring (bicyclic) bond motifs is 1. The lowest BCUT2D eigenvalue weighted by Crippen LogP contribution is -2.31. The Hall–Kier alpha value is -3.06. The van der Waals surface area contributed by atoms with Crippen LogP contribution in [0.15, 0.2) is 41.2 Å². The van der Waals surface area contributed by atoms with Crippen LogP contribution in [0.3, 0.4) is 0 Å². The SMILES string of the molecule is COc1ccc(NC(=S)NCCc2cc3cc(C)c(C)cc3[nH]c2=O)cc1OC. The number of aryl methyl sites for hydroxylation is 2. The van der Waals surface area contributed by atoms with Gasteiger partial charge in [0.15, 0.2) is 16.6 Å². The summed E-state index contributed by atoms with van der Waals surface area (Å²) in [4.78, 5) is 15.3. The maximum atomic E-state index is 12.4. The number of benzene rings is 2. The molecule has 0 aliphatic rings.